The predicted octanol–water partition coefficient (Wildman–Crippen LogP) is 6.56. The lowest BCUT2D eigenvalue weighted by Gasteiger charge is -2.27. The standard InChI is InChI=1S/C27H18Cl2F3N3O7/c1-2-41-22-11-15(10-20(29)23(22)42-13-14-4-3-5-17(8-14)35(39)40)9-18-24(36)33-26(38)34(25(18)37)21-12-16(27(30,31)32)6-7-19(21)28/h3-12H,2,13H2,1H3,(H,33,36,38)/b18-9-. The number of amides is 4. The van der Waals surface area contributed by atoms with Crippen molar-refractivity contribution in [3.05, 3.63) is 97.0 Å². The molecule has 4 rings (SSSR count). The SMILES string of the molecule is CCOc1cc(/C=C2/C(=O)NC(=O)N(c3cc(C(F)(F)F)ccc3Cl)C2=O)cc(Cl)c1OCc1cccc([N+](=O)[O-])c1. The summed E-state index contributed by atoms with van der Waals surface area (Å²) >= 11 is 12.4. The van der Waals surface area contributed by atoms with Crippen molar-refractivity contribution in [3.8, 4) is 11.5 Å². The highest BCUT2D eigenvalue weighted by atomic mass is 35.5. The fourth-order valence-corrected chi connectivity index (χ4v) is 4.37. The number of nitro groups is 1. The molecule has 1 fully saturated rings. The zero-order valence-electron chi connectivity index (χ0n) is 21.3. The fourth-order valence-electron chi connectivity index (χ4n) is 3.89. The van der Waals surface area contributed by atoms with Gasteiger partial charge in [0.25, 0.3) is 17.5 Å². The van der Waals surface area contributed by atoms with Crippen LogP contribution >= 0.6 is 23.2 Å². The number of hydrogen-bond donors (Lipinski definition) is 1. The quantitative estimate of drug-likeness (QED) is 0.130. The number of nitrogens with one attached hydrogen (secondary N) is 1. The molecule has 1 saturated heterocycles. The Bertz CT molecular complexity index is 1640. The smallest absolute Gasteiger partial charge is 0.416 e. The third-order valence-corrected chi connectivity index (χ3v) is 6.36. The van der Waals surface area contributed by atoms with Crippen LogP contribution in [0.4, 0.5) is 29.3 Å². The Morgan fingerprint density at radius 3 is 2.43 bits per heavy atom. The lowest BCUT2D eigenvalue weighted by atomic mass is 10.1. The van der Waals surface area contributed by atoms with Crippen LogP contribution in [-0.4, -0.2) is 29.4 Å². The minimum absolute atomic E-state index is 0.0178. The van der Waals surface area contributed by atoms with E-state index in [0.717, 1.165) is 12.1 Å². The fraction of sp³-hybridized carbons (Fsp3) is 0.148. The molecule has 0 aliphatic carbocycles. The first-order valence-electron chi connectivity index (χ1n) is 11.9. The monoisotopic (exact) mass is 623 g/mol. The van der Waals surface area contributed by atoms with Gasteiger partial charge in [-0.2, -0.15) is 13.2 Å². The van der Waals surface area contributed by atoms with Gasteiger partial charge in [-0.05, 0) is 54.5 Å². The number of urea groups is 1. The van der Waals surface area contributed by atoms with Gasteiger partial charge >= 0.3 is 12.2 Å². The van der Waals surface area contributed by atoms with Gasteiger partial charge in [0.2, 0.25) is 0 Å². The Morgan fingerprint density at radius 1 is 1.02 bits per heavy atom. The molecular formula is C27H18Cl2F3N3O7. The Morgan fingerprint density at radius 2 is 1.76 bits per heavy atom. The number of nitro benzene ring substituents is 1. The lowest BCUT2D eigenvalue weighted by Crippen LogP contribution is -2.54. The molecule has 1 heterocycles. The molecule has 0 spiro atoms. The van der Waals surface area contributed by atoms with Crippen molar-refractivity contribution < 1.29 is 42.0 Å². The van der Waals surface area contributed by atoms with Gasteiger partial charge in [0.05, 0.1) is 32.8 Å². The summed E-state index contributed by atoms with van der Waals surface area (Å²) < 4.78 is 51.2. The molecule has 218 valence electrons. The number of rotatable bonds is 8. The van der Waals surface area contributed by atoms with Crippen LogP contribution in [-0.2, 0) is 22.4 Å². The van der Waals surface area contributed by atoms with Crippen LogP contribution in [0.15, 0.2) is 60.2 Å². The Balaban J connectivity index is 1.68. The highest BCUT2D eigenvalue weighted by molar-refractivity contribution is 6.42. The summed E-state index contributed by atoms with van der Waals surface area (Å²) in [5.74, 6) is -2.17. The molecule has 0 unspecified atom stereocenters. The average molecular weight is 624 g/mol. The molecular weight excluding hydrogens is 606 g/mol. The van der Waals surface area contributed by atoms with E-state index >= 15 is 0 Å². The van der Waals surface area contributed by atoms with Crippen LogP contribution in [0.3, 0.4) is 0 Å². The number of barbiturate groups is 1. The zero-order valence-corrected chi connectivity index (χ0v) is 22.8. The van der Waals surface area contributed by atoms with Gasteiger partial charge < -0.3 is 9.47 Å². The average Bonchev–Trinajstić information content (AvgIpc) is 2.91. The third kappa shape index (κ3) is 6.47. The Kier molecular flexibility index (Phi) is 8.73. The molecule has 1 aliphatic heterocycles. The predicted molar refractivity (Wildman–Crippen MR) is 146 cm³/mol. The van der Waals surface area contributed by atoms with Crippen molar-refractivity contribution in [1.29, 1.82) is 0 Å². The van der Waals surface area contributed by atoms with Gasteiger partial charge in [0, 0.05) is 12.1 Å². The van der Waals surface area contributed by atoms with Gasteiger partial charge in [-0.25, -0.2) is 9.69 Å². The summed E-state index contributed by atoms with van der Waals surface area (Å²) in [5, 5.41) is 12.6. The maximum atomic E-state index is 13.3. The molecule has 0 radical (unpaired) electrons. The van der Waals surface area contributed by atoms with E-state index in [1.165, 1.54) is 30.3 Å². The van der Waals surface area contributed by atoms with Crippen LogP contribution < -0.4 is 19.7 Å². The normalized spacial score (nSPS) is 14.7. The number of carbonyl (C=O) groups is 3. The summed E-state index contributed by atoms with van der Waals surface area (Å²) in [5.41, 5.74) is -1.87. The van der Waals surface area contributed by atoms with E-state index in [0.29, 0.717) is 22.6 Å². The first kappa shape index (κ1) is 30.3. The molecule has 0 saturated carbocycles. The van der Waals surface area contributed by atoms with E-state index in [1.807, 2.05) is 5.32 Å². The van der Waals surface area contributed by atoms with E-state index in [9.17, 15) is 37.7 Å². The Hall–Kier alpha value is -4.62. The lowest BCUT2D eigenvalue weighted by molar-refractivity contribution is -0.384. The largest absolute Gasteiger partial charge is 0.490 e. The summed E-state index contributed by atoms with van der Waals surface area (Å²) in [7, 11) is 0. The molecule has 1 N–H and O–H groups in total. The number of benzene rings is 3. The number of imide groups is 2. The van der Waals surface area contributed by atoms with E-state index in [1.54, 1.807) is 13.0 Å². The zero-order chi connectivity index (χ0) is 30.8. The highest BCUT2D eigenvalue weighted by Crippen LogP contribution is 2.39. The van der Waals surface area contributed by atoms with Crippen molar-refractivity contribution >= 4 is 58.5 Å². The first-order valence-corrected chi connectivity index (χ1v) is 12.7. The van der Waals surface area contributed by atoms with Gasteiger partial charge in [0.15, 0.2) is 11.5 Å². The van der Waals surface area contributed by atoms with Crippen LogP contribution in [0.5, 0.6) is 11.5 Å². The number of nitrogens with zero attached hydrogens (tertiary/aromatic N) is 2. The summed E-state index contributed by atoms with van der Waals surface area (Å²) in [6.07, 6.45) is -3.73. The number of hydrogen-bond acceptors (Lipinski definition) is 7. The topological polar surface area (TPSA) is 128 Å². The number of anilines is 1. The van der Waals surface area contributed by atoms with E-state index in [4.69, 9.17) is 32.7 Å². The molecule has 3 aromatic carbocycles. The molecule has 3 aromatic rings. The van der Waals surface area contributed by atoms with Crippen LogP contribution in [0.2, 0.25) is 10.0 Å². The van der Waals surface area contributed by atoms with Gasteiger partial charge in [0.1, 0.15) is 12.2 Å². The third-order valence-electron chi connectivity index (χ3n) is 5.76. The minimum Gasteiger partial charge on any atom is -0.490 e. The Labute approximate surface area is 245 Å². The molecule has 1 aliphatic rings. The van der Waals surface area contributed by atoms with Crippen molar-refractivity contribution in [2.24, 2.45) is 0 Å². The van der Waals surface area contributed by atoms with Crippen LogP contribution in [0.25, 0.3) is 6.08 Å². The molecule has 0 aromatic heterocycles. The number of ether oxygens (including phenoxy) is 2. The first-order chi connectivity index (χ1) is 19.8. The molecule has 0 atom stereocenters. The summed E-state index contributed by atoms with van der Waals surface area (Å²) in [6.45, 7) is 1.71. The summed E-state index contributed by atoms with van der Waals surface area (Å²) in [6, 6.07) is 9.22. The number of non-ortho nitro benzene ring substituents is 1. The minimum atomic E-state index is -4.80. The van der Waals surface area contributed by atoms with Crippen molar-refractivity contribution in [2.45, 2.75) is 19.7 Å². The highest BCUT2D eigenvalue weighted by Gasteiger charge is 2.39. The second-order valence-electron chi connectivity index (χ2n) is 8.60. The van der Waals surface area contributed by atoms with E-state index < -0.39 is 45.8 Å². The van der Waals surface area contributed by atoms with Crippen molar-refractivity contribution in [1.82, 2.24) is 5.32 Å². The maximum absolute atomic E-state index is 13.3. The van der Waals surface area contributed by atoms with Gasteiger partial charge in [-0.1, -0.05) is 35.3 Å². The second kappa shape index (κ2) is 12.1. The van der Waals surface area contributed by atoms with E-state index in [2.05, 4.69) is 0 Å². The van der Waals surface area contributed by atoms with Crippen molar-refractivity contribution in [3.63, 3.8) is 0 Å². The molecule has 10 nitrogen and oxygen atoms in total. The number of halogens is 5. The van der Waals surface area contributed by atoms with Crippen LogP contribution in [0, 0.1) is 10.1 Å². The number of carbonyl (C=O) groups excluding carboxylic acids is 3. The molecule has 4 amide bonds. The summed E-state index contributed by atoms with van der Waals surface area (Å²) in [4.78, 5) is 49.2. The van der Waals surface area contributed by atoms with Crippen molar-refractivity contribution in [2.75, 3.05) is 11.5 Å². The maximum Gasteiger partial charge on any atom is 0.416 e. The van der Waals surface area contributed by atoms with Crippen LogP contribution in [0.1, 0.15) is 23.6 Å². The van der Waals surface area contributed by atoms with Gasteiger partial charge in [-0.15, -0.1) is 0 Å². The second-order valence-corrected chi connectivity index (χ2v) is 9.41. The van der Waals surface area contributed by atoms with Gasteiger partial charge in [-0.3, -0.25) is 25.0 Å². The molecule has 42 heavy (non-hydrogen) atoms. The molecule has 0 bridgehead atoms. The molecule has 15 heteroatoms. The van der Waals surface area contributed by atoms with E-state index in [-0.39, 0.29) is 46.0 Å². The number of alkyl halides is 3.